The Morgan fingerprint density at radius 1 is 1.43 bits per heavy atom. The van der Waals surface area contributed by atoms with Crippen molar-refractivity contribution in [2.45, 2.75) is 25.4 Å². The minimum atomic E-state index is -0.223. The maximum Gasteiger partial charge on any atom is 0.319 e. The Bertz CT molecular complexity index is 657. The van der Waals surface area contributed by atoms with Gasteiger partial charge < -0.3 is 19.9 Å². The van der Waals surface area contributed by atoms with Crippen LogP contribution in [0.4, 0.5) is 10.5 Å². The average molecular weight is 287 g/mol. The van der Waals surface area contributed by atoms with E-state index in [4.69, 9.17) is 4.74 Å². The molecule has 2 heterocycles. The molecule has 2 aromatic rings. The molecular formula is C16H21N3O2. The molecule has 1 aromatic heterocycles. The smallest absolute Gasteiger partial charge is 0.319 e. The van der Waals surface area contributed by atoms with Crippen LogP contribution in [0.1, 0.15) is 19.8 Å². The summed E-state index contributed by atoms with van der Waals surface area (Å²) in [5, 5.41) is 6.92. The van der Waals surface area contributed by atoms with Crippen LogP contribution in [0.2, 0.25) is 0 Å². The highest BCUT2D eigenvalue weighted by molar-refractivity contribution is 5.92. The van der Waals surface area contributed by atoms with Gasteiger partial charge in [-0.2, -0.15) is 0 Å². The minimum Gasteiger partial charge on any atom is -0.373 e. The average Bonchev–Trinajstić information content (AvgIpc) is 3.05. The second kappa shape index (κ2) is 5.41. The third-order valence-electron chi connectivity index (χ3n) is 4.07. The number of urea groups is 1. The molecule has 1 aliphatic rings. The lowest BCUT2D eigenvalue weighted by Gasteiger charge is -2.23. The molecule has 2 N–H and O–H groups in total. The van der Waals surface area contributed by atoms with Gasteiger partial charge in [0.1, 0.15) is 0 Å². The van der Waals surface area contributed by atoms with Gasteiger partial charge in [0.05, 0.1) is 5.60 Å². The van der Waals surface area contributed by atoms with E-state index in [9.17, 15) is 4.79 Å². The van der Waals surface area contributed by atoms with Crippen molar-refractivity contribution in [2.24, 2.45) is 7.05 Å². The molecule has 5 nitrogen and oxygen atoms in total. The molecule has 112 valence electrons. The highest BCUT2D eigenvalue weighted by atomic mass is 16.5. The summed E-state index contributed by atoms with van der Waals surface area (Å²) >= 11 is 0. The lowest BCUT2D eigenvalue weighted by atomic mass is 10.0. The van der Waals surface area contributed by atoms with Gasteiger partial charge in [0, 0.05) is 37.6 Å². The van der Waals surface area contributed by atoms with Crippen molar-refractivity contribution in [3.05, 3.63) is 30.5 Å². The van der Waals surface area contributed by atoms with Gasteiger partial charge in [0.25, 0.3) is 0 Å². The van der Waals surface area contributed by atoms with E-state index in [-0.39, 0.29) is 11.6 Å². The highest BCUT2D eigenvalue weighted by Crippen LogP contribution is 2.24. The Morgan fingerprint density at radius 3 is 3.05 bits per heavy atom. The van der Waals surface area contributed by atoms with Crippen LogP contribution in [-0.4, -0.2) is 29.4 Å². The Hall–Kier alpha value is -2.01. The van der Waals surface area contributed by atoms with Gasteiger partial charge in [0.15, 0.2) is 0 Å². The molecule has 0 bridgehead atoms. The molecule has 1 unspecified atom stereocenters. The summed E-state index contributed by atoms with van der Waals surface area (Å²) in [5.74, 6) is 0. The molecule has 0 radical (unpaired) electrons. The molecule has 1 saturated heterocycles. The number of aromatic nitrogens is 1. The van der Waals surface area contributed by atoms with Gasteiger partial charge in [-0.3, -0.25) is 0 Å². The van der Waals surface area contributed by atoms with E-state index in [2.05, 4.69) is 16.7 Å². The number of ether oxygens (including phenoxy) is 1. The molecule has 1 aromatic carbocycles. The second-order valence-electron chi connectivity index (χ2n) is 5.91. The molecule has 3 rings (SSSR count). The second-order valence-corrected chi connectivity index (χ2v) is 5.91. The molecule has 0 spiro atoms. The first-order valence-electron chi connectivity index (χ1n) is 7.30. The number of amides is 2. The molecule has 1 atom stereocenters. The number of carbonyl (C=O) groups excluding carboxylic acids is 1. The molecule has 21 heavy (non-hydrogen) atoms. The van der Waals surface area contributed by atoms with Crippen LogP contribution in [0, 0.1) is 0 Å². The fraction of sp³-hybridized carbons (Fsp3) is 0.438. The Morgan fingerprint density at radius 2 is 2.29 bits per heavy atom. The number of hydrogen-bond acceptors (Lipinski definition) is 2. The van der Waals surface area contributed by atoms with Crippen molar-refractivity contribution in [1.82, 2.24) is 9.88 Å². The number of nitrogens with one attached hydrogen (secondary N) is 2. The molecule has 1 fully saturated rings. The SMILES string of the molecule is Cn1ccc2ccc(NC(=O)NCC3(C)CCCO3)cc21. The number of rotatable bonds is 3. The number of aryl methyl sites for hydroxylation is 1. The molecule has 0 saturated carbocycles. The van der Waals surface area contributed by atoms with Crippen LogP contribution in [0.5, 0.6) is 0 Å². The number of hydrogen-bond donors (Lipinski definition) is 2. The first kappa shape index (κ1) is 13.9. The number of nitrogens with zero attached hydrogens (tertiary/aromatic N) is 1. The van der Waals surface area contributed by atoms with Crippen molar-refractivity contribution >= 4 is 22.6 Å². The highest BCUT2D eigenvalue weighted by Gasteiger charge is 2.29. The monoisotopic (exact) mass is 287 g/mol. The zero-order valence-electron chi connectivity index (χ0n) is 12.5. The quantitative estimate of drug-likeness (QED) is 0.912. The Kier molecular flexibility index (Phi) is 3.59. The number of benzene rings is 1. The van der Waals surface area contributed by atoms with Crippen molar-refractivity contribution in [2.75, 3.05) is 18.5 Å². The fourth-order valence-electron chi connectivity index (χ4n) is 2.76. The van der Waals surface area contributed by atoms with Gasteiger partial charge in [-0.15, -0.1) is 0 Å². The van der Waals surface area contributed by atoms with Gasteiger partial charge >= 0.3 is 6.03 Å². The standard InChI is InChI=1S/C16H21N3O2/c1-16(7-3-9-21-16)11-17-15(20)18-13-5-4-12-6-8-19(2)14(12)10-13/h4-6,8,10H,3,7,9,11H2,1-2H3,(H2,17,18,20). The molecule has 5 heteroatoms. The van der Waals surface area contributed by atoms with Gasteiger partial charge in [-0.05, 0) is 43.4 Å². The maximum absolute atomic E-state index is 12.0. The summed E-state index contributed by atoms with van der Waals surface area (Å²) in [7, 11) is 1.99. The van der Waals surface area contributed by atoms with Crippen LogP contribution < -0.4 is 10.6 Å². The van der Waals surface area contributed by atoms with Gasteiger partial charge in [0.2, 0.25) is 0 Å². The summed E-state index contributed by atoms with van der Waals surface area (Å²) in [6.07, 6.45) is 4.05. The number of anilines is 1. The third kappa shape index (κ3) is 3.03. The van der Waals surface area contributed by atoms with Crippen molar-refractivity contribution in [1.29, 1.82) is 0 Å². The van der Waals surface area contributed by atoms with Crippen LogP contribution in [0.15, 0.2) is 30.5 Å². The normalized spacial score (nSPS) is 21.6. The lowest BCUT2D eigenvalue weighted by Crippen LogP contribution is -2.41. The summed E-state index contributed by atoms with van der Waals surface area (Å²) in [4.78, 5) is 12.0. The third-order valence-corrected chi connectivity index (χ3v) is 4.07. The lowest BCUT2D eigenvalue weighted by molar-refractivity contribution is 0.0232. The Labute approximate surface area is 124 Å². The molecule has 0 aliphatic carbocycles. The molecular weight excluding hydrogens is 266 g/mol. The Balaban J connectivity index is 1.61. The largest absolute Gasteiger partial charge is 0.373 e. The summed E-state index contributed by atoms with van der Waals surface area (Å²) < 4.78 is 7.69. The van der Waals surface area contributed by atoms with Crippen molar-refractivity contribution in [3.63, 3.8) is 0 Å². The van der Waals surface area contributed by atoms with E-state index < -0.39 is 0 Å². The van der Waals surface area contributed by atoms with Gasteiger partial charge in [-0.25, -0.2) is 4.79 Å². The summed E-state index contributed by atoms with van der Waals surface area (Å²) in [6.45, 7) is 3.35. The molecule has 1 aliphatic heterocycles. The van der Waals surface area contributed by atoms with E-state index >= 15 is 0 Å². The van der Waals surface area contributed by atoms with Gasteiger partial charge in [-0.1, -0.05) is 6.07 Å². The predicted molar refractivity (Wildman–Crippen MR) is 83.5 cm³/mol. The number of fused-ring (bicyclic) bond motifs is 1. The zero-order valence-corrected chi connectivity index (χ0v) is 12.5. The van der Waals surface area contributed by atoms with E-state index in [0.29, 0.717) is 6.54 Å². The summed E-state index contributed by atoms with van der Waals surface area (Å²) in [6, 6.07) is 7.75. The van der Waals surface area contributed by atoms with Crippen molar-refractivity contribution < 1.29 is 9.53 Å². The van der Waals surface area contributed by atoms with Crippen LogP contribution >= 0.6 is 0 Å². The first-order valence-corrected chi connectivity index (χ1v) is 7.30. The minimum absolute atomic E-state index is 0.194. The maximum atomic E-state index is 12.0. The first-order chi connectivity index (χ1) is 10.1. The van der Waals surface area contributed by atoms with E-state index in [0.717, 1.165) is 36.0 Å². The van der Waals surface area contributed by atoms with E-state index in [1.165, 1.54) is 0 Å². The fourth-order valence-corrected chi connectivity index (χ4v) is 2.76. The van der Waals surface area contributed by atoms with Crippen molar-refractivity contribution in [3.8, 4) is 0 Å². The topological polar surface area (TPSA) is 55.3 Å². The van der Waals surface area contributed by atoms with Crippen LogP contribution in [-0.2, 0) is 11.8 Å². The predicted octanol–water partition coefficient (Wildman–Crippen LogP) is 2.87. The zero-order chi connectivity index (χ0) is 14.9. The number of carbonyl (C=O) groups is 1. The van der Waals surface area contributed by atoms with Crippen LogP contribution in [0.25, 0.3) is 10.9 Å². The van der Waals surface area contributed by atoms with E-state index in [1.54, 1.807) is 0 Å². The molecule has 2 amide bonds. The van der Waals surface area contributed by atoms with E-state index in [1.807, 2.05) is 42.9 Å². The van der Waals surface area contributed by atoms with Crippen LogP contribution in [0.3, 0.4) is 0 Å². The summed E-state index contributed by atoms with van der Waals surface area (Å²) in [5.41, 5.74) is 1.66.